The van der Waals surface area contributed by atoms with Crippen molar-refractivity contribution in [3.8, 4) is 5.75 Å². The standard InChI is InChI=1S/C28H26N2O3/c31-27-26(18-21-9-5-2-6-10-21)33-25-12-11-23(19-24(25)29-27)28(32)30-15-13-22(14-16-30)17-20-7-3-1-4-8-20/h1-12,18-19,22H,13-17H2,(H,29,31)/b26-18-. The van der Waals surface area contributed by atoms with E-state index < -0.39 is 0 Å². The Kier molecular flexibility index (Phi) is 5.94. The van der Waals surface area contributed by atoms with Crippen LogP contribution >= 0.6 is 0 Å². The molecule has 1 saturated heterocycles. The van der Waals surface area contributed by atoms with Crippen LogP contribution in [0, 0.1) is 5.92 Å². The van der Waals surface area contributed by atoms with Crippen LogP contribution in [0.5, 0.6) is 5.75 Å². The molecule has 0 aromatic heterocycles. The van der Waals surface area contributed by atoms with Crippen molar-refractivity contribution >= 4 is 23.6 Å². The topological polar surface area (TPSA) is 58.6 Å². The maximum absolute atomic E-state index is 13.1. The Bertz CT molecular complexity index is 1180. The van der Waals surface area contributed by atoms with Gasteiger partial charge in [-0.3, -0.25) is 9.59 Å². The lowest BCUT2D eigenvalue weighted by Gasteiger charge is -2.32. The third-order valence-electron chi connectivity index (χ3n) is 6.28. The fraction of sp³-hybridized carbons (Fsp3) is 0.214. The van der Waals surface area contributed by atoms with E-state index in [1.165, 1.54) is 5.56 Å². The van der Waals surface area contributed by atoms with Crippen LogP contribution < -0.4 is 10.1 Å². The van der Waals surface area contributed by atoms with Crippen LogP contribution in [0.4, 0.5) is 5.69 Å². The van der Waals surface area contributed by atoms with Crippen molar-refractivity contribution in [3.63, 3.8) is 0 Å². The van der Waals surface area contributed by atoms with Gasteiger partial charge in [-0.1, -0.05) is 60.7 Å². The van der Waals surface area contributed by atoms with Gasteiger partial charge in [-0.05, 0) is 60.6 Å². The summed E-state index contributed by atoms with van der Waals surface area (Å²) in [5.41, 5.74) is 3.33. The predicted octanol–water partition coefficient (Wildman–Crippen LogP) is 5.15. The van der Waals surface area contributed by atoms with Gasteiger partial charge in [0.1, 0.15) is 0 Å². The number of amides is 2. The Morgan fingerprint density at radius 3 is 2.39 bits per heavy atom. The van der Waals surface area contributed by atoms with E-state index in [9.17, 15) is 9.59 Å². The van der Waals surface area contributed by atoms with Crippen LogP contribution in [0.25, 0.3) is 6.08 Å². The monoisotopic (exact) mass is 438 g/mol. The molecule has 0 aliphatic carbocycles. The molecule has 33 heavy (non-hydrogen) atoms. The molecule has 0 bridgehead atoms. The number of carbonyl (C=O) groups is 2. The zero-order chi connectivity index (χ0) is 22.6. The van der Waals surface area contributed by atoms with E-state index in [1.807, 2.05) is 41.3 Å². The van der Waals surface area contributed by atoms with Gasteiger partial charge in [0.25, 0.3) is 11.8 Å². The van der Waals surface area contributed by atoms with Crippen molar-refractivity contribution in [2.75, 3.05) is 18.4 Å². The van der Waals surface area contributed by atoms with Gasteiger partial charge in [0, 0.05) is 18.7 Å². The highest BCUT2D eigenvalue weighted by Gasteiger charge is 2.27. The number of rotatable bonds is 4. The van der Waals surface area contributed by atoms with Gasteiger partial charge < -0.3 is 15.0 Å². The molecule has 5 heteroatoms. The molecule has 3 aromatic rings. The van der Waals surface area contributed by atoms with E-state index in [0.29, 0.717) is 22.9 Å². The number of anilines is 1. The van der Waals surface area contributed by atoms with Crippen LogP contribution in [0.15, 0.2) is 84.6 Å². The molecular weight excluding hydrogens is 412 g/mol. The minimum atomic E-state index is -0.322. The number of fused-ring (bicyclic) bond motifs is 1. The first-order valence-electron chi connectivity index (χ1n) is 11.4. The smallest absolute Gasteiger partial charge is 0.291 e. The molecule has 2 heterocycles. The summed E-state index contributed by atoms with van der Waals surface area (Å²) in [5.74, 6) is 1.04. The molecule has 0 unspecified atom stereocenters. The third kappa shape index (κ3) is 4.82. The second kappa shape index (κ2) is 9.33. The summed E-state index contributed by atoms with van der Waals surface area (Å²) in [6.07, 6.45) is 4.76. The molecule has 2 aliphatic rings. The number of hydrogen-bond donors (Lipinski definition) is 1. The number of hydrogen-bond acceptors (Lipinski definition) is 3. The lowest BCUT2D eigenvalue weighted by molar-refractivity contribution is -0.115. The van der Waals surface area contributed by atoms with Gasteiger partial charge in [-0.15, -0.1) is 0 Å². The molecule has 2 aliphatic heterocycles. The Balaban J connectivity index is 1.24. The van der Waals surface area contributed by atoms with Crippen LogP contribution in [-0.2, 0) is 11.2 Å². The molecule has 0 spiro atoms. The fourth-order valence-electron chi connectivity index (χ4n) is 4.46. The van der Waals surface area contributed by atoms with Crippen molar-refractivity contribution in [1.82, 2.24) is 4.90 Å². The number of piperidine rings is 1. The van der Waals surface area contributed by atoms with Gasteiger partial charge in [-0.25, -0.2) is 0 Å². The Labute approximate surface area is 193 Å². The van der Waals surface area contributed by atoms with Crippen molar-refractivity contribution in [2.45, 2.75) is 19.3 Å². The molecule has 166 valence electrons. The number of carbonyl (C=O) groups excluding carboxylic acids is 2. The third-order valence-corrected chi connectivity index (χ3v) is 6.28. The van der Waals surface area contributed by atoms with Gasteiger partial charge in [0.15, 0.2) is 11.5 Å². The van der Waals surface area contributed by atoms with Gasteiger partial charge >= 0.3 is 0 Å². The quantitative estimate of drug-likeness (QED) is 0.573. The molecule has 5 rings (SSSR count). The molecule has 1 N–H and O–H groups in total. The summed E-state index contributed by atoms with van der Waals surface area (Å²) in [6.45, 7) is 1.50. The highest BCUT2D eigenvalue weighted by atomic mass is 16.5. The van der Waals surface area contributed by atoms with E-state index in [2.05, 4.69) is 29.6 Å². The second-order valence-electron chi connectivity index (χ2n) is 8.61. The zero-order valence-corrected chi connectivity index (χ0v) is 18.4. The van der Waals surface area contributed by atoms with Gasteiger partial charge in [-0.2, -0.15) is 0 Å². The average molecular weight is 439 g/mol. The lowest BCUT2D eigenvalue weighted by atomic mass is 9.90. The maximum Gasteiger partial charge on any atom is 0.291 e. The molecule has 3 aromatic carbocycles. The molecule has 0 atom stereocenters. The van der Waals surface area contributed by atoms with E-state index in [0.717, 1.165) is 37.9 Å². The average Bonchev–Trinajstić information content (AvgIpc) is 2.85. The van der Waals surface area contributed by atoms with Crippen molar-refractivity contribution < 1.29 is 14.3 Å². The van der Waals surface area contributed by atoms with Crippen LogP contribution in [-0.4, -0.2) is 29.8 Å². The van der Waals surface area contributed by atoms with Crippen LogP contribution in [0.2, 0.25) is 0 Å². The van der Waals surface area contributed by atoms with Crippen LogP contribution in [0.1, 0.15) is 34.3 Å². The highest BCUT2D eigenvalue weighted by molar-refractivity contribution is 6.09. The molecule has 0 radical (unpaired) electrons. The Morgan fingerprint density at radius 1 is 0.970 bits per heavy atom. The first-order chi connectivity index (χ1) is 16.2. The SMILES string of the molecule is O=C1Nc2cc(C(=O)N3CCC(Cc4ccccc4)CC3)ccc2O/C1=C\c1ccccc1. The van der Waals surface area contributed by atoms with Crippen molar-refractivity contribution in [2.24, 2.45) is 5.92 Å². The summed E-state index contributed by atoms with van der Waals surface area (Å²) < 4.78 is 5.82. The van der Waals surface area contributed by atoms with E-state index in [1.54, 1.807) is 24.3 Å². The molecule has 2 amide bonds. The maximum atomic E-state index is 13.1. The summed E-state index contributed by atoms with van der Waals surface area (Å²) in [6, 6.07) is 25.3. The van der Waals surface area contributed by atoms with Gasteiger partial charge in [0.2, 0.25) is 0 Å². The number of likely N-dealkylation sites (tertiary alicyclic amines) is 1. The largest absolute Gasteiger partial charge is 0.449 e. The van der Waals surface area contributed by atoms with Crippen molar-refractivity contribution in [3.05, 3.63) is 101 Å². The normalized spacial score (nSPS) is 17.3. The predicted molar refractivity (Wildman–Crippen MR) is 129 cm³/mol. The number of benzene rings is 3. The van der Waals surface area contributed by atoms with E-state index in [-0.39, 0.29) is 17.6 Å². The Hall–Kier alpha value is -3.86. The summed E-state index contributed by atoms with van der Waals surface area (Å²) >= 11 is 0. The number of nitrogens with one attached hydrogen (secondary N) is 1. The minimum absolute atomic E-state index is 0.00386. The van der Waals surface area contributed by atoms with Crippen molar-refractivity contribution in [1.29, 1.82) is 0 Å². The second-order valence-corrected chi connectivity index (χ2v) is 8.61. The summed E-state index contributed by atoms with van der Waals surface area (Å²) in [7, 11) is 0. The van der Waals surface area contributed by atoms with E-state index in [4.69, 9.17) is 4.74 Å². The first-order valence-corrected chi connectivity index (χ1v) is 11.4. The molecule has 1 fully saturated rings. The molecule has 0 saturated carbocycles. The fourth-order valence-corrected chi connectivity index (χ4v) is 4.46. The molecular formula is C28H26N2O3. The minimum Gasteiger partial charge on any atom is -0.449 e. The first kappa shape index (κ1) is 21.0. The summed E-state index contributed by atoms with van der Waals surface area (Å²) in [5, 5.41) is 2.86. The van der Waals surface area contributed by atoms with Crippen LogP contribution in [0.3, 0.4) is 0 Å². The number of ether oxygens (including phenoxy) is 1. The lowest BCUT2D eigenvalue weighted by Crippen LogP contribution is -2.39. The number of nitrogens with zero attached hydrogens (tertiary/aromatic N) is 1. The zero-order valence-electron chi connectivity index (χ0n) is 18.4. The van der Waals surface area contributed by atoms with E-state index >= 15 is 0 Å². The molecule has 5 nitrogen and oxygen atoms in total. The summed E-state index contributed by atoms with van der Waals surface area (Å²) in [4.78, 5) is 27.5. The van der Waals surface area contributed by atoms with Gasteiger partial charge in [0.05, 0.1) is 5.69 Å². The highest BCUT2D eigenvalue weighted by Crippen LogP contribution is 2.33. The Morgan fingerprint density at radius 2 is 1.67 bits per heavy atom.